The fourth-order valence-electron chi connectivity index (χ4n) is 2.60. The highest BCUT2D eigenvalue weighted by molar-refractivity contribution is 5.83. The number of carbonyl (C=O) groups is 1. The Morgan fingerprint density at radius 3 is 2.57 bits per heavy atom. The second-order valence-corrected chi connectivity index (χ2v) is 5.39. The molecule has 23 heavy (non-hydrogen) atoms. The molecule has 2 aromatic heterocycles. The van der Waals surface area contributed by atoms with Gasteiger partial charge in [0, 0.05) is 37.9 Å². The zero-order chi connectivity index (χ0) is 15.9. The molecule has 3 rings (SSSR count). The first-order chi connectivity index (χ1) is 11.3. The summed E-state index contributed by atoms with van der Waals surface area (Å²) in [5.74, 6) is 0.0121. The quantitative estimate of drug-likeness (QED) is 0.682. The average Bonchev–Trinajstić information content (AvgIpc) is 3.27. The summed E-state index contributed by atoms with van der Waals surface area (Å²) in [4.78, 5) is 16.7. The third kappa shape index (κ3) is 3.88. The number of aryl methyl sites for hydroxylation is 1. The molecule has 0 spiro atoms. The van der Waals surface area contributed by atoms with E-state index in [1.165, 1.54) is 0 Å². The van der Waals surface area contributed by atoms with E-state index < -0.39 is 0 Å². The van der Waals surface area contributed by atoms with E-state index in [0.717, 1.165) is 18.5 Å². The fourth-order valence-corrected chi connectivity index (χ4v) is 2.60. The molecule has 5 heteroatoms. The Morgan fingerprint density at radius 1 is 1.09 bits per heavy atom. The van der Waals surface area contributed by atoms with E-state index >= 15 is 0 Å². The van der Waals surface area contributed by atoms with Crippen LogP contribution in [0.5, 0.6) is 0 Å². The van der Waals surface area contributed by atoms with Crippen LogP contribution in [0.1, 0.15) is 18.0 Å². The Hall–Kier alpha value is -2.82. The predicted molar refractivity (Wildman–Crippen MR) is 88.9 cm³/mol. The minimum absolute atomic E-state index is 0.0121. The number of hydrogen-bond acceptors (Lipinski definition) is 2. The van der Waals surface area contributed by atoms with Crippen LogP contribution < -0.4 is 5.32 Å². The van der Waals surface area contributed by atoms with Crippen molar-refractivity contribution in [3.8, 4) is 0 Å². The van der Waals surface area contributed by atoms with Crippen LogP contribution in [0.3, 0.4) is 0 Å². The van der Waals surface area contributed by atoms with Gasteiger partial charge in [0.2, 0.25) is 5.91 Å². The molecule has 1 amide bonds. The molecule has 0 radical (unpaired) electrons. The lowest BCUT2D eigenvalue weighted by Gasteiger charge is -2.19. The van der Waals surface area contributed by atoms with Crippen LogP contribution in [0.15, 0.2) is 73.6 Å². The molecule has 0 fully saturated rings. The number of carbonyl (C=O) groups excluding carboxylic acids is 1. The Morgan fingerprint density at radius 2 is 1.87 bits per heavy atom. The number of rotatable bonds is 7. The number of amides is 1. The zero-order valence-electron chi connectivity index (χ0n) is 12.9. The summed E-state index contributed by atoms with van der Waals surface area (Å²) in [7, 11) is 0. The molecule has 1 atom stereocenters. The van der Waals surface area contributed by atoms with Gasteiger partial charge < -0.3 is 14.5 Å². The Labute approximate surface area is 135 Å². The monoisotopic (exact) mass is 308 g/mol. The maximum absolute atomic E-state index is 12.7. The van der Waals surface area contributed by atoms with E-state index in [4.69, 9.17) is 0 Å². The number of aromatic nitrogens is 3. The predicted octanol–water partition coefficient (Wildman–Crippen LogP) is 2.48. The van der Waals surface area contributed by atoms with Crippen LogP contribution in [0.4, 0.5) is 0 Å². The Bertz CT molecular complexity index is 705. The summed E-state index contributed by atoms with van der Waals surface area (Å²) in [5, 5.41) is 3.04. The van der Waals surface area contributed by atoms with Gasteiger partial charge in [-0.2, -0.15) is 0 Å². The van der Waals surface area contributed by atoms with Gasteiger partial charge in [0.15, 0.2) is 0 Å². The minimum atomic E-state index is -0.334. The summed E-state index contributed by atoms with van der Waals surface area (Å²) in [5.41, 5.74) is 0.982. The second kappa shape index (κ2) is 7.45. The molecule has 1 N–H and O–H groups in total. The zero-order valence-corrected chi connectivity index (χ0v) is 12.9. The van der Waals surface area contributed by atoms with Gasteiger partial charge >= 0.3 is 0 Å². The number of nitrogens with zero attached hydrogens (tertiary/aromatic N) is 3. The Kier molecular flexibility index (Phi) is 4.88. The van der Waals surface area contributed by atoms with E-state index in [-0.39, 0.29) is 11.9 Å². The van der Waals surface area contributed by atoms with Gasteiger partial charge in [-0.25, -0.2) is 4.98 Å². The maximum atomic E-state index is 12.7. The first-order valence-corrected chi connectivity index (χ1v) is 7.75. The third-order valence-corrected chi connectivity index (χ3v) is 3.74. The molecule has 0 saturated heterocycles. The summed E-state index contributed by atoms with van der Waals surface area (Å²) in [6.07, 6.45) is 10.2. The third-order valence-electron chi connectivity index (χ3n) is 3.74. The van der Waals surface area contributed by atoms with E-state index in [2.05, 4.69) is 10.3 Å². The molecule has 118 valence electrons. The topological polar surface area (TPSA) is 51.9 Å². The van der Waals surface area contributed by atoms with Crippen molar-refractivity contribution in [2.45, 2.75) is 19.0 Å². The molecular weight excluding hydrogens is 288 g/mol. The fraction of sp³-hybridized carbons (Fsp3) is 0.222. The van der Waals surface area contributed by atoms with Gasteiger partial charge in [-0.3, -0.25) is 4.79 Å². The van der Waals surface area contributed by atoms with Crippen LogP contribution in [-0.4, -0.2) is 26.6 Å². The van der Waals surface area contributed by atoms with Crippen molar-refractivity contribution in [2.75, 3.05) is 6.54 Å². The summed E-state index contributed by atoms with van der Waals surface area (Å²) < 4.78 is 3.94. The van der Waals surface area contributed by atoms with Crippen LogP contribution in [0.2, 0.25) is 0 Å². The molecule has 0 aliphatic carbocycles. The highest BCUT2D eigenvalue weighted by Gasteiger charge is 2.20. The number of imidazole rings is 1. The van der Waals surface area contributed by atoms with Crippen LogP contribution in [0, 0.1) is 0 Å². The largest absolute Gasteiger partial charge is 0.354 e. The molecule has 0 aliphatic heterocycles. The first-order valence-electron chi connectivity index (χ1n) is 7.75. The number of benzene rings is 1. The van der Waals surface area contributed by atoms with Gasteiger partial charge in [0.05, 0.1) is 6.33 Å². The Balaban J connectivity index is 1.62. The highest BCUT2D eigenvalue weighted by atomic mass is 16.2. The summed E-state index contributed by atoms with van der Waals surface area (Å²) in [6, 6.07) is 13.4. The van der Waals surface area contributed by atoms with E-state index in [1.54, 1.807) is 12.5 Å². The van der Waals surface area contributed by atoms with Gasteiger partial charge in [-0.1, -0.05) is 30.3 Å². The van der Waals surface area contributed by atoms with E-state index in [9.17, 15) is 4.79 Å². The molecule has 0 aliphatic rings. The minimum Gasteiger partial charge on any atom is -0.354 e. The van der Waals surface area contributed by atoms with Gasteiger partial charge in [-0.05, 0) is 24.1 Å². The number of hydrogen-bond donors (Lipinski definition) is 1. The van der Waals surface area contributed by atoms with Crippen LogP contribution in [0.25, 0.3) is 0 Å². The van der Waals surface area contributed by atoms with Gasteiger partial charge in [0.1, 0.15) is 6.04 Å². The summed E-state index contributed by atoms with van der Waals surface area (Å²) in [6.45, 7) is 1.49. The highest BCUT2D eigenvalue weighted by Crippen LogP contribution is 2.18. The second-order valence-electron chi connectivity index (χ2n) is 5.39. The lowest BCUT2D eigenvalue weighted by molar-refractivity contribution is -0.123. The van der Waals surface area contributed by atoms with Crippen molar-refractivity contribution in [1.29, 1.82) is 0 Å². The van der Waals surface area contributed by atoms with Crippen molar-refractivity contribution >= 4 is 5.91 Å². The van der Waals surface area contributed by atoms with Crippen LogP contribution >= 0.6 is 0 Å². The molecule has 5 nitrogen and oxygen atoms in total. The lowest BCUT2D eigenvalue weighted by atomic mass is 10.1. The molecule has 1 aromatic carbocycles. The van der Waals surface area contributed by atoms with Crippen molar-refractivity contribution in [3.63, 3.8) is 0 Å². The number of nitrogens with one attached hydrogen (secondary N) is 1. The van der Waals surface area contributed by atoms with Crippen LogP contribution in [-0.2, 0) is 11.3 Å². The van der Waals surface area contributed by atoms with E-state index in [0.29, 0.717) is 6.54 Å². The van der Waals surface area contributed by atoms with Crippen molar-refractivity contribution in [2.24, 2.45) is 0 Å². The maximum Gasteiger partial charge on any atom is 0.247 e. The molecule has 0 saturated carbocycles. The van der Waals surface area contributed by atoms with Gasteiger partial charge in [0.25, 0.3) is 0 Å². The standard InChI is InChI=1S/C18H20N4O/c23-18(20-9-6-11-21-14-10-19-15-21)17(22-12-4-5-13-22)16-7-2-1-3-8-16/h1-5,7-8,10,12-15,17H,6,9,11H2,(H,20,23)/t17-/m0/s1. The van der Waals surface area contributed by atoms with Crippen molar-refractivity contribution < 1.29 is 4.79 Å². The molecular formula is C18H20N4O. The SMILES string of the molecule is O=C(NCCCn1ccnc1)[C@H](c1ccccc1)n1cccc1. The lowest BCUT2D eigenvalue weighted by Crippen LogP contribution is -2.33. The molecule has 2 heterocycles. The van der Waals surface area contributed by atoms with Crippen molar-refractivity contribution in [1.82, 2.24) is 19.4 Å². The van der Waals surface area contributed by atoms with Crippen molar-refractivity contribution in [3.05, 3.63) is 79.1 Å². The van der Waals surface area contributed by atoms with E-state index in [1.807, 2.05) is 70.2 Å². The molecule has 0 bridgehead atoms. The van der Waals surface area contributed by atoms with Gasteiger partial charge in [-0.15, -0.1) is 0 Å². The average molecular weight is 308 g/mol. The smallest absolute Gasteiger partial charge is 0.247 e. The normalized spacial score (nSPS) is 12.0. The first kappa shape index (κ1) is 15.1. The molecule has 3 aromatic rings. The molecule has 0 unspecified atom stereocenters. The summed E-state index contributed by atoms with van der Waals surface area (Å²) >= 11 is 0.